The van der Waals surface area contributed by atoms with Gasteiger partial charge in [0, 0.05) is 16.1 Å². The molecule has 0 spiro atoms. The third kappa shape index (κ3) is 4.38. The Morgan fingerprint density at radius 2 is 1.78 bits per heavy atom. The summed E-state index contributed by atoms with van der Waals surface area (Å²) in [4.78, 5) is 3.15. The van der Waals surface area contributed by atoms with Crippen molar-refractivity contribution in [2.45, 2.75) is 19.5 Å². The van der Waals surface area contributed by atoms with Gasteiger partial charge in [-0.05, 0) is 25.1 Å². The van der Waals surface area contributed by atoms with Gasteiger partial charge < -0.3 is 14.2 Å². The van der Waals surface area contributed by atoms with E-state index in [0.29, 0.717) is 16.8 Å². The lowest BCUT2D eigenvalue weighted by Crippen LogP contribution is -3.27. The molecule has 140 valence electrons. The molecule has 1 aliphatic heterocycles. The molecule has 1 atom stereocenters. The minimum absolute atomic E-state index is 0.198. The molecule has 0 saturated carbocycles. The molecule has 0 bridgehead atoms. The monoisotopic (exact) mass is 384 g/mol. The molecule has 2 heterocycles. The molecule has 4 rings (SSSR count). The molecule has 2 aromatic carbocycles. The molecule has 1 aliphatic rings. The Kier molecular flexibility index (Phi) is 5.53. The van der Waals surface area contributed by atoms with Gasteiger partial charge in [0.15, 0.2) is 6.04 Å². The quantitative estimate of drug-likeness (QED) is 0.699. The minimum atomic E-state index is 0.198. The van der Waals surface area contributed by atoms with Crippen LogP contribution in [0.15, 0.2) is 59.0 Å². The molecule has 0 amide bonds. The average molecular weight is 385 g/mol. The molecule has 0 radical (unpaired) electrons. The Hall–Kier alpha value is -2.21. The van der Waals surface area contributed by atoms with Crippen LogP contribution < -0.4 is 9.80 Å². The largest absolute Gasteiger partial charge is 0.415 e. The molecule has 1 fully saturated rings. The van der Waals surface area contributed by atoms with E-state index in [9.17, 15) is 0 Å². The first-order valence-electron chi connectivity index (χ1n) is 9.50. The summed E-state index contributed by atoms with van der Waals surface area (Å²) < 4.78 is 5.95. The summed E-state index contributed by atoms with van der Waals surface area (Å²) >= 11 is 6.06. The van der Waals surface area contributed by atoms with Gasteiger partial charge in [-0.1, -0.05) is 48.0 Å². The highest BCUT2D eigenvalue weighted by Gasteiger charge is 2.31. The predicted octanol–water partition coefficient (Wildman–Crippen LogP) is 1.43. The maximum Gasteiger partial charge on any atom is 0.274 e. The van der Waals surface area contributed by atoms with Crippen LogP contribution in [0.25, 0.3) is 11.5 Å². The summed E-state index contributed by atoms with van der Waals surface area (Å²) in [5.74, 6) is 1.23. The molecular formula is C21H25ClN4O+2. The molecule has 1 aromatic heterocycles. The van der Waals surface area contributed by atoms with Crippen LogP contribution in [0.2, 0.25) is 5.02 Å². The maximum absolute atomic E-state index is 6.06. The SMILES string of the molecule is C[C@H](c1nnc(-c2cccc(Cl)c2)o1)[NH+]1CC[NH+](Cc2ccccc2)CC1. The van der Waals surface area contributed by atoms with Gasteiger partial charge in [-0.25, -0.2) is 0 Å². The fourth-order valence-electron chi connectivity index (χ4n) is 3.74. The molecular weight excluding hydrogens is 360 g/mol. The Bertz CT molecular complexity index is 875. The smallest absolute Gasteiger partial charge is 0.274 e. The molecule has 0 aliphatic carbocycles. The number of benzene rings is 2. The van der Waals surface area contributed by atoms with Crippen molar-refractivity contribution in [2.75, 3.05) is 26.2 Å². The summed E-state index contributed by atoms with van der Waals surface area (Å²) in [7, 11) is 0. The summed E-state index contributed by atoms with van der Waals surface area (Å²) in [6.07, 6.45) is 0. The number of rotatable bonds is 5. The fourth-order valence-corrected chi connectivity index (χ4v) is 3.93. The van der Waals surface area contributed by atoms with Gasteiger partial charge in [0.05, 0.1) is 0 Å². The van der Waals surface area contributed by atoms with Crippen LogP contribution in [0.5, 0.6) is 0 Å². The van der Waals surface area contributed by atoms with Gasteiger partial charge in [0.25, 0.3) is 5.89 Å². The summed E-state index contributed by atoms with van der Waals surface area (Å²) in [6, 6.07) is 18.5. The van der Waals surface area contributed by atoms with Crippen LogP contribution in [0, 0.1) is 0 Å². The summed E-state index contributed by atoms with van der Waals surface area (Å²) in [6.45, 7) is 7.80. The summed E-state index contributed by atoms with van der Waals surface area (Å²) in [5.41, 5.74) is 2.27. The predicted molar refractivity (Wildman–Crippen MR) is 105 cm³/mol. The first kappa shape index (κ1) is 18.2. The van der Waals surface area contributed by atoms with Crippen molar-refractivity contribution in [3.63, 3.8) is 0 Å². The lowest BCUT2D eigenvalue weighted by atomic mass is 10.2. The van der Waals surface area contributed by atoms with Crippen LogP contribution in [0.1, 0.15) is 24.4 Å². The normalized spacial score (nSPS) is 21.1. The molecule has 3 aromatic rings. The van der Waals surface area contributed by atoms with Crippen LogP contribution >= 0.6 is 11.6 Å². The standard InChI is InChI=1S/C21H23ClN4O/c1-16(20-23-24-21(27-20)18-8-5-9-19(22)14-18)26-12-10-25(11-13-26)15-17-6-3-2-4-7-17/h2-9,14,16H,10-13,15H2,1H3/p+2/t16-/m1/s1. The lowest BCUT2D eigenvalue weighted by Gasteiger charge is -2.32. The average Bonchev–Trinajstić information content (AvgIpc) is 3.19. The highest BCUT2D eigenvalue weighted by molar-refractivity contribution is 6.30. The van der Waals surface area contributed by atoms with Gasteiger partial charge in [0.2, 0.25) is 5.89 Å². The number of quaternary nitrogens is 2. The van der Waals surface area contributed by atoms with E-state index < -0.39 is 0 Å². The zero-order valence-corrected chi connectivity index (χ0v) is 16.2. The van der Waals surface area contributed by atoms with Crippen LogP contribution in [0.3, 0.4) is 0 Å². The second-order valence-electron chi connectivity index (χ2n) is 7.25. The molecule has 6 heteroatoms. The van der Waals surface area contributed by atoms with Gasteiger partial charge in [-0.2, -0.15) is 0 Å². The zero-order valence-electron chi connectivity index (χ0n) is 15.5. The topological polar surface area (TPSA) is 47.8 Å². The summed E-state index contributed by atoms with van der Waals surface area (Å²) in [5, 5.41) is 9.19. The van der Waals surface area contributed by atoms with Gasteiger partial charge in [-0.15, -0.1) is 10.2 Å². The number of hydrogen-bond donors (Lipinski definition) is 2. The molecule has 27 heavy (non-hydrogen) atoms. The van der Waals surface area contributed by atoms with E-state index in [0.717, 1.165) is 38.3 Å². The van der Waals surface area contributed by atoms with E-state index in [1.54, 1.807) is 4.90 Å². The van der Waals surface area contributed by atoms with E-state index >= 15 is 0 Å². The van der Waals surface area contributed by atoms with E-state index in [1.165, 1.54) is 10.5 Å². The van der Waals surface area contributed by atoms with Gasteiger partial charge >= 0.3 is 0 Å². The highest BCUT2D eigenvalue weighted by atomic mass is 35.5. The Balaban J connectivity index is 1.36. The van der Waals surface area contributed by atoms with Crippen molar-refractivity contribution in [2.24, 2.45) is 0 Å². The Morgan fingerprint density at radius 3 is 2.52 bits per heavy atom. The van der Waals surface area contributed by atoms with Crippen LogP contribution in [0.4, 0.5) is 0 Å². The molecule has 2 N–H and O–H groups in total. The van der Waals surface area contributed by atoms with E-state index in [-0.39, 0.29) is 6.04 Å². The second-order valence-corrected chi connectivity index (χ2v) is 7.68. The van der Waals surface area contributed by atoms with Gasteiger partial charge in [0.1, 0.15) is 32.7 Å². The number of nitrogens with zero attached hydrogens (tertiary/aromatic N) is 2. The Labute approximate surface area is 164 Å². The van der Waals surface area contributed by atoms with Crippen molar-refractivity contribution in [3.8, 4) is 11.5 Å². The van der Waals surface area contributed by atoms with Crippen molar-refractivity contribution in [1.82, 2.24) is 10.2 Å². The Morgan fingerprint density at radius 1 is 1.00 bits per heavy atom. The molecule has 0 unspecified atom stereocenters. The van der Waals surface area contributed by atoms with Crippen molar-refractivity contribution in [1.29, 1.82) is 0 Å². The van der Waals surface area contributed by atoms with Crippen molar-refractivity contribution >= 4 is 11.6 Å². The highest BCUT2D eigenvalue weighted by Crippen LogP contribution is 2.22. The van der Waals surface area contributed by atoms with Gasteiger partial charge in [-0.3, -0.25) is 0 Å². The number of piperazine rings is 1. The third-order valence-electron chi connectivity index (χ3n) is 5.39. The van der Waals surface area contributed by atoms with Crippen molar-refractivity contribution in [3.05, 3.63) is 71.1 Å². The van der Waals surface area contributed by atoms with E-state index in [2.05, 4.69) is 47.5 Å². The first-order valence-corrected chi connectivity index (χ1v) is 9.88. The van der Waals surface area contributed by atoms with Crippen molar-refractivity contribution < 1.29 is 14.2 Å². The third-order valence-corrected chi connectivity index (χ3v) is 5.63. The zero-order chi connectivity index (χ0) is 18.6. The number of nitrogens with one attached hydrogen (secondary N) is 2. The van der Waals surface area contributed by atoms with E-state index in [1.807, 2.05) is 24.3 Å². The molecule has 5 nitrogen and oxygen atoms in total. The lowest BCUT2D eigenvalue weighted by molar-refractivity contribution is -1.03. The maximum atomic E-state index is 6.06. The van der Waals surface area contributed by atoms with Crippen LogP contribution in [-0.4, -0.2) is 36.4 Å². The molecule has 1 saturated heterocycles. The van der Waals surface area contributed by atoms with Crippen LogP contribution in [-0.2, 0) is 6.54 Å². The number of halogens is 1. The number of aromatic nitrogens is 2. The number of hydrogen-bond acceptors (Lipinski definition) is 3. The minimum Gasteiger partial charge on any atom is -0.415 e. The fraction of sp³-hybridized carbons (Fsp3) is 0.333. The second kappa shape index (κ2) is 8.21. The first-order chi connectivity index (χ1) is 13.2. The van der Waals surface area contributed by atoms with E-state index in [4.69, 9.17) is 16.0 Å².